The first kappa shape index (κ1) is 34.6. The molecule has 0 atom stereocenters. The molecule has 3 heterocycles. The van der Waals surface area contributed by atoms with Crippen molar-refractivity contribution in [2.24, 2.45) is 0 Å². The first-order chi connectivity index (χ1) is 22.5. The number of rotatable bonds is 14. The second-order valence-corrected chi connectivity index (χ2v) is 14.0. The van der Waals surface area contributed by atoms with E-state index in [1.54, 1.807) is 24.3 Å². The number of amides is 1. The molecule has 0 fully saturated rings. The van der Waals surface area contributed by atoms with Gasteiger partial charge in [-0.15, -0.1) is 4.65 Å². The number of benzene rings is 2. The summed E-state index contributed by atoms with van der Waals surface area (Å²) in [5.74, 6) is -1.37. The molecule has 0 bridgehead atoms. The number of nitrogens with zero attached hydrogens (tertiary/aromatic N) is 3. The third kappa shape index (κ3) is 7.71. The molecule has 0 aliphatic carbocycles. The quantitative estimate of drug-likeness (QED) is 0.104. The monoisotopic (exact) mass is 667 g/mol. The molecule has 0 saturated heterocycles. The summed E-state index contributed by atoms with van der Waals surface area (Å²) in [7, 11) is -4.48. The highest BCUT2D eigenvalue weighted by Gasteiger charge is 2.30. The molecule has 254 valence electrons. The smallest absolute Gasteiger partial charge is 0.366 e. The molecule has 2 aliphatic rings. The minimum Gasteiger partial charge on any atom is -0.748 e. The van der Waals surface area contributed by atoms with E-state index in [1.165, 1.54) is 22.2 Å². The van der Waals surface area contributed by atoms with E-state index in [2.05, 4.69) is 11.0 Å². The Kier molecular flexibility index (Phi) is 10.7. The predicted octanol–water partition coefficient (Wildman–Crippen LogP) is 4.65. The van der Waals surface area contributed by atoms with Crippen LogP contribution in [0.15, 0.2) is 45.6 Å². The van der Waals surface area contributed by atoms with Gasteiger partial charge < -0.3 is 18.8 Å². The first-order valence-electron chi connectivity index (χ1n) is 16.8. The number of hydrogen-bond donors (Lipinski definition) is 0. The van der Waals surface area contributed by atoms with Gasteiger partial charge in [-0.1, -0.05) is 18.2 Å². The third-order valence-electron chi connectivity index (χ3n) is 9.62. The van der Waals surface area contributed by atoms with Crippen molar-refractivity contribution < 1.29 is 36.5 Å². The van der Waals surface area contributed by atoms with Crippen LogP contribution in [0, 0.1) is 0 Å². The molecule has 1 aromatic heterocycles. The van der Waals surface area contributed by atoms with Crippen molar-refractivity contribution >= 4 is 38.7 Å². The zero-order valence-electron chi connectivity index (χ0n) is 27.6. The number of hydrogen-bond acceptors (Lipinski definition) is 9. The summed E-state index contributed by atoms with van der Waals surface area (Å²) < 4.78 is 40.2. The van der Waals surface area contributed by atoms with Gasteiger partial charge in [0.05, 0.1) is 16.5 Å². The molecule has 0 spiro atoms. The molecule has 47 heavy (non-hydrogen) atoms. The lowest BCUT2D eigenvalue weighted by Gasteiger charge is -2.37. The molecule has 0 saturated carbocycles. The number of carbonyl (C=O) groups is 2. The van der Waals surface area contributed by atoms with E-state index in [1.807, 2.05) is 20.8 Å². The summed E-state index contributed by atoms with van der Waals surface area (Å²) in [6.45, 7) is 9.90. The van der Waals surface area contributed by atoms with Crippen LogP contribution in [0.1, 0.15) is 74.4 Å². The van der Waals surface area contributed by atoms with Crippen LogP contribution in [0.2, 0.25) is 0 Å². The van der Waals surface area contributed by atoms with Gasteiger partial charge in [0.2, 0.25) is 0 Å². The fourth-order valence-corrected chi connectivity index (χ4v) is 7.54. The van der Waals surface area contributed by atoms with Crippen molar-refractivity contribution in [1.82, 2.24) is 4.90 Å². The molecule has 2 aliphatic heterocycles. The van der Waals surface area contributed by atoms with Gasteiger partial charge in [-0.05, 0) is 82.6 Å². The number of anilines is 1. The van der Waals surface area contributed by atoms with Crippen molar-refractivity contribution in [2.75, 3.05) is 56.5 Å². The maximum atomic E-state index is 14.2. The Hall–Kier alpha value is -3.74. The van der Waals surface area contributed by atoms with E-state index < -0.39 is 21.5 Å². The van der Waals surface area contributed by atoms with Gasteiger partial charge in [0, 0.05) is 65.8 Å². The molecule has 0 unspecified atom stereocenters. The SMILES string of the molecule is CC[N+](CC)(CC)OC(=O)CCCN(CCCS(=O)(=O)[O-])C(=O)c1ccccc1-c1cc(=O)oc2c3c4c(cc12)CCCN4CCC3. The highest BCUT2D eigenvalue weighted by molar-refractivity contribution is 7.85. The van der Waals surface area contributed by atoms with Gasteiger partial charge >= 0.3 is 11.6 Å². The van der Waals surface area contributed by atoms with Gasteiger partial charge in [-0.25, -0.2) is 18.0 Å². The number of quaternary nitrogens is 1. The lowest BCUT2D eigenvalue weighted by atomic mass is 9.87. The molecule has 3 aromatic rings. The summed E-state index contributed by atoms with van der Waals surface area (Å²) in [4.78, 5) is 49.7. The second kappa shape index (κ2) is 14.6. The Labute approximate surface area is 276 Å². The Morgan fingerprint density at radius 1 is 0.979 bits per heavy atom. The van der Waals surface area contributed by atoms with E-state index in [0.717, 1.165) is 49.7 Å². The molecule has 12 heteroatoms. The lowest BCUT2D eigenvalue weighted by Crippen LogP contribution is -2.48. The number of aryl methyl sites for hydroxylation is 2. The maximum absolute atomic E-state index is 14.2. The average Bonchev–Trinajstić information content (AvgIpc) is 3.06. The fraction of sp³-hybridized carbons (Fsp3) is 0.514. The topological polar surface area (TPSA) is 137 Å². The zero-order chi connectivity index (χ0) is 33.8. The van der Waals surface area contributed by atoms with Crippen LogP contribution in [0.5, 0.6) is 0 Å². The fourth-order valence-electron chi connectivity index (χ4n) is 7.06. The van der Waals surface area contributed by atoms with Gasteiger partial charge in [0.15, 0.2) is 0 Å². The van der Waals surface area contributed by atoms with Crippen LogP contribution >= 0.6 is 0 Å². The van der Waals surface area contributed by atoms with E-state index >= 15 is 0 Å². The maximum Gasteiger partial charge on any atom is 0.366 e. The van der Waals surface area contributed by atoms with Crippen LogP contribution in [0.25, 0.3) is 22.1 Å². The molecule has 1 amide bonds. The van der Waals surface area contributed by atoms with Crippen molar-refractivity contribution in [3.05, 3.63) is 63.5 Å². The molecule has 2 aromatic carbocycles. The van der Waals surface area contributed by atoms with Crippen LogP contribution in [-0.2, 0) is 32.6 Å². The second-order valence-electron chi connectivity index (χ2n) is 12.4. The summed E-state index contributed by atoms with van der Waals surface area (Å²) >= 11 is 0. The largest absolute Gasteiger partial charge is 0.748 e. The minimum absolute atomic E-state index is 0.00767. The predicted molar refractivity (Wildman–Crippen MR) is 179 cm³/mol. The van der Waals surface area contributed by atoms with Crippen LogP contribution < -0.4 is 10.5 Å². The van der Waals surface area contributed by atoms with E-state index in [4.69, 9.17) is 9.25 Å². The van der Waals surface area contributed by atoms with Crippen LogP contribution in [-0.4, -0.2) is 86.0 Å². The Morgan fingerprint density at radius 3 is 2.36 bits per heavy atom. The lowest BCUT2D eigenvalue weighted by molar-refractivity contribution is -1.09. The summed E-state index contributed by atoms with van der Waals surface area (Å²) in [5.41, 5.74) is 4.96. The van der Waals surface area contributed by atoms with Crippen LogP contribution in [0.3, 0.4) is 0 Å². The molecular weight excluding hydrogens is 622 g/mol. The number of carbonyl (C=O) groups excluding carboxylic acids is 2. The Bertz CT molecular complexity index is 1790. The normalized spacial score (nSPS) is 14.6. The summed E-state index contributed by atoms with van der Waals surface area (Å²) in [6, 6.07) is 10.6. The van der Waals surface area contributed by atoms with Crippen molar-refractivity contribution in [3.8, 4) is 11.1 Å². The molecule has 0 radical (unpaired) electrons. The number of fused-ring (bicyclic) bond motifs is 2. The average molecular weight is 668 g/mol. The van der Waals surface area contributed by atoms with Gasteiger partial charge in [0.25, 0.3) is 5.91 Å². The van der Waals surface area contributed by atoms with Crippen LogP contribution in [0.4, 0.5) is 5.69 Å². The summed E-state index contributed by atoms with van der Waals surface area (Å²) in [5, 5.41) is 0.776. The molecule has 11 nitrogen and oxygen atoms in total. The number of hydroxylamine groups is 3. The molecule has 5 rings (SSSR count). The van der Waals surface area contributed by atoms with E-state index in [9.17, 15) is 27.4 Å². The van der Waals surface area contributed by atoms with Gasteiger partial charge in [0.1, 0.15) is 25.2 Å². The van der Waals surface area contributed by atoms with Gasteiger partial charge in [-0.2, -0.15) is 0 Å². The van der Waals surface area contributed by atoms with E-state index in [-0.39, 0.29) is 48.9 Å². The molecular formula is C35H45N3O8S. The zero-order valence-corrected chi connectivity index (χ0v) is 28.4. The Morgan fingerprint density at radius 2 is 1.66 bits per heavy atom. The van der Waals surface area contributed by atoms with Crippen molar-refractivity contribution in [1.29, 1.82) is 0 Å². The molecule has 0 N–H and O–H groups in total. The summed E-state index contributed by atoms with van der Waals surface area (Å²) in [6.07, 6.45) is 4.04. The van der Waals surface area contributed by atoms with Gasteiger partial charge in [-0.3, -0.25) is 9.63 Å². The Balaban J connectivity index is 1.47. The van der Waals surface area contributed by atoms with Crippen molar-refractivity contribution in [3.63, 3.8) is 0 Å². The first-order valence-corrected chi connectivity index (χ1v) is 18.3. The standard InChI is InChI=1S/C35H45N3O8S/c1-4-38(5-2,6-3)46-31(39)17-11-20-37(21-12-22-47(42,43)44)35(41)27-15-8-7-14-26(27)29-24-32(40)45-34-28-16-10-19-36-18-9-13-25(33(28)36)23-30(29)34/h7-8,14-15,23-24H,4-6,9-13,16-22H2,1-3H3. The third-order valence-corrected chi connectivity index (χ3v) is 10.4. The minimum atomic E-state index is -4.48. The highest BCUT2D eigenvalue weighted by Crippen LogP contribution is 2.42. The van der Waals surface area contributed by atoms with Crippen molar-refractivity contribution in [2.45, 2.75) is 65.7 Å². The van der Waals surface area contributed by atoms with E-state index in [0.29, 0.717) is 41.9 Å². The highest BCUT2D eigenvalue weighted by atomic mass is 32.2.